The Kier molecular flexibility index (Phi) is 2.48. The Labute approximate surface area is 111 Å². The molecule has 5 heteroatoms. The fourth-order valence-electron chi connectivity index (χ4n) is 1.94. The highest BCUT2D eigenvalue weighted by Crippen LogP contribution is 2.20. The number of fused-ring (bicyclic) bond motifs is 1. The Bertz CT molecular complexity index is 772. The van der Waals surface area contributed by atoms with Crippen LogP contribution >= 0.6 is 15.9 Å². The maximum Gasteiger partial charge on any atom is 0.331 e. The number of aromatic hydroxyl groups is 1. The lowest BCUT2D eigenvalue weighted by Crippen LogP contribution is -2.14. The van der Waals surface area contributed by atoms with Gasteiger partial charge in [-0.15, -0.1) is 0 Å². The first-order valence-electron chi connectivity index (χ1n) is 5.35. The molecule has 0 fully saturated rings. The third kappa shape index (κ3) is 1.73. The van der Waals surface area contributed by atoms with Gasteiger partial charge in [0.25, 0.3) is 0 Å². The predicted molar refractivity (Wildman–Crippen MR) is 73.3 cm³/mol. The number of hydrogen-bond acceptors (Lipinski definition) is 2. The molecule has 2 N–H and O–H groups in total. The maximum atomic E-state index is 12.0. The van der Waals surface area contributed by atoms with Gasteiger partial charge in [0.15, 0.2) is 0 Å². The second-order valence-corrected chi connectivity index (χ2v) is 4.86. The Morgan fingerprint density at radius 1 is 1.11 bits per heavy atom. The number of aromatic amines is 1. The number of nitrogens with zero attached hydrogens (tertiary/aromatic N) is 1. The zero-order valence-corrected chi connectivity index (χ0v) is 10.8. The molecular formula is C13H9BrN2O2. The summed E-state index contributed by atoms with van der Waals surface area (Å²) in [6.07, 6.45) is 0. The molecule has 2 aromatic carbocycles. The monoisotopic (exact) mass is 304 g/mol. The SMILES string of the molecule is O=c1[nH]c2cc(Br)ccc2n1-c1ccc(O)cc1. The lowest BCUT2D eigenvalue weighted by Gasteiger charge is -2.03. The molecule has 0 spiro atoms. The molecule has 1 aromatic heterocycles. The molecule has 0 atom stereocenters. The first kappa shape index (κ1) is 11.1. The van der Waals surface area contributed by atoms with Crippen LogP contribution in [0.4, 0.5) is 0 Å². The molecule has 0 aliphatic carbocycles. The predicted octanol–water partition coefficient (Wildman–Crippen LogP) is 2.79. The van der Waals surface area contributed by atoms with Crippen LogP contribution in [0.25, 0.3) is 16.7 Å². The van der Waals surface area contributed by atoms with Gasteiger partial charge in [-0.25, -0.2) is 4.79 Å². The Morgan fingerprint density at radius 3 is 2.56 bits per heavy atom. The Balaban J connectivity index is 2.32. The molecule has 4 nitrogen and oxygen atoms in total. The Hall–Kier alpha value is -2.01. The topological polar surface area (TPSA) is 58.0 Å². The van der Waals surface area contributed by atoms with Crippen molar-refractivity contribution in [1.29, 1.82) is 0 Å². The van der Waals surface area contributed by atoms with Crippen molar-refractivity contribution in [2.45, 2.75) is 0 Å². The van der Waals surface area contributed by atoms with Crippen LogP contribution in [0.1, 0.15) is 0 Å². The summed E-state index contributed by atoms with van der Waals surface area (Å²) in [5.41, 5.74) is 2.08. The van der Waals surface area contributed by atoms with E-state index in [2.05, 4.69) is 20.9 Å². The molecule has 0 aliphatic rings. The standard InChI is InChI=1S/C13H9BrN2O2/c14-8-1-6-12-11(7-8)15-13(18)16(12)9-2-4-10(17)5-3-9/h1-7,17H,(H,15,18). The van der Waals surface area contributed by atoms with Crippen LogP contribution in [0.2, 0.25) is 0 Å². The van der Waals surface area contributed by atoms with Crippen molar-refractivity contribution >= 4 is 27.0 Å². The zero-order valence-electron chi connectivity index (χ0n) is 9.22. The van der Waals surface area contributed by atoms with Crippen molar-refractivity contribution in [1.82, 2.24) is 9.55 Å². The minimum Gasteiger partial charge on any atom is -0.508 e. The summed E-state index contributed by atoms with van der Waals surface area (Å²) in [5.74, 6) is 0.175. The molecule has 0 saturated heterocycles. The maximum absolute atomic E-state index is 12.0. The van der Waals surface area contributed by atoms with Crippen LogP contribution < -0.4 is 5.69 Å². The van der Waals surface area contributed by atoms with E-state index in [0.29, 0.717) is 5.69 Å². The first-order chi connectivity index (χ1) is 8.65. The van der Waals surface area contributed by atoms with Crippen molar-refractivity contribution in [2.24, 2.45) is 0 Å². The van der Waals surface area contributed by atoms with E-state index in [1.165, 1.54) is 0 Å². The molecule has 18 heavy (non-hydrogen) atoms. The summed E-state index contributed by atoms with van der Waals surface area (Å²) in [4.78, 5) is 14.8. The number of phenolic OH excluding ortho intramolecular Hbond substituents is 1. The number of benzene rings is 2. The molecular weight excluding hydrogens is 296 g/mol. The molecule has 3 aromatic rings. The third-order valence-electron chi connectivity index (χ3n) is 2.75. The molecule has 3 rings (SSSR count). The molecule has 0 bridgehead atoms. The third-order valence-corrected chi connectivity index (χ3v) is 3.25. The summed E-state index contributed by atoms with van der Waals surface area (Å²) in [6, 6.07) is 12.1. The summed E-state index contributed by atoms with van der Waals surface area (Å²) in [5, 5.41) is 9.27. The van der Waals surface area contributed by atoms with Crippen LogP contribution in [0.15, 0.2) is 51.7 Å². The van der Waals surface area contributed by atoms with E-state index in [4.69, 9.17) is 0 Å². The number of phenols is 1. The first-order valence-corrected chi connectivity index (χ1v) is 6.14. The highest BCUT2D eigenvalue weighted by Gasteiger charge is 2.08. The molecule has 0 amide bonds. The fraction of sp³-hybridized carbons (Fsp3) is 0. The molecule has 90 valence electrons. The van der Waals surface area contributed by atoms with Crippen molar-refractivity contribution in [3.05, 3.63) is 57.4 Å². The average molecular weight is 305 g/mol. The van der Waals surface area contributed by atoms with Gasteiger partial charge in [-0.3, -0.25) is 4.57 Å². The summed E-state index contributed by atoms with van der Waals surface area (Å²) >= 11 is 3.37. The largest absolute Gasteiger partial charge is 0.508 e. The van der Waals surface area contributed by atoms with Gasteiger partial charge in [0, 0.05) is 4.47 Å². The van der Waals surface area contributed by atoms with E-state index in [-0.39, 0.29) is 11.4 Å². The summed E-state index contributed by atoms with van der Waals surface area (Å²) < 4.78 is 2.48. The number of nitrogens with one attached hydrogen (secondary N) is 1. The van der Waals surface area contributed by atoms with E-state index >= 15 is 0 Å². The number of H-pyrrole nitrogens is 1. The number of halogens is 1. The number of rotatable bonds is 1. The highest BCUT2D eigenvalue weighted by molar-refractivity contribution is 9.10. The van der Waals surface area contributed by atoms with Crippen molar-refractivity contribution in [3.8, 4) is 11.4 Å². The molecule has 0 unspecified atom stereocenters. The second-order valence-electron chi connectivity index (χ2n) is 3.94. The van der Waals surface area contributed by atoms with E-state index in [0.717, 1.165) is 15.5 Å². The summed E-state index contributed by atoms with van der Waals surface area (Å²) in [7, 11) is 0. The smallest absolute Gasteiger partial charge is 0.331 e. The molecule has 0 saturated carbocycles. The van der Waals surface area contributed by atoms with Gasteiger partial charge in [0.2, 0.25) is 0 Å². The van der Waals surface area contributed by atoms with Gasteiger partial charge < -0.3 is 10.1 Å². The molecule has 0 radical (unpaired) electrons. The quantitative estimate of drug-likeness (QED) is 0.726. The number of aromatic nitrogens is 2. The van der Waals surface area contributed by atoms with E-state index in [9.17, 15) is 9.90 Å². The minimum absolute atomic E-state index is 0.175. The van der Waals surface area contributed by atoms with Crippen LogP contribution in [0.3, 0.4) is 0 Å². The van der Waals surface area contributed by atoms with Gasteiger partial charge in [-0.1, -0.05) is 15.9 Å². The number of imidazole rings is 1. The fourth-order valence-corrected chi connectivity index (χ4v) is 2.30. The van der Waals surface area contributed by atoms with Crippen LogP contribution in [-0.4, -0.2) is 14.7 Å². The summed E-state index contributed by atoms with van der Waals surface area (Å²) in [6.45, 7) is 0. The van der Waals surface area contributed by atoms with Crippen molar-refractivity contribution in [2.75, 3.05) is 0 Å². The van der Waals surface area contributed by atoms with E-state index in [1.807, 2.05) is 18.2 Å². The van der Waals surface area contributed by atoms with Gasteiger partial charge in [0.1, 0.15) is 5.75 Å². The van der Waals surface area contributed by atoms with E-state index < -0.39 is 0 Å². The molecule has 1 heterocycles. The zero-order chi connectivity index (χ0) is 12.7. The second kappa shape index (κ2) is 4.03. The lowest BCUT2D eigenvalue weighted by molar-refractivity contribution is 0.475. The van der Waals surface area contributed by atoms with Gasteiger partial charge in [-0.2, -0.15) is 0 Å². The highest BCUT2D eigenvalue weighted by atomic mass is 79.9. The van der Waals surface area contributed by atoms with Crippen LogP contribution in [0.5, 0.6) is 5.75 Å². The Morgan fingerprint density at radius 2 is 1.83 bits per heavy atom. The van der Waals surface area contributed by atoms with Gasteiger partial charge in [-0.05, 0) is 42.5 Å². The molecule has 0 aliphatic heterocycles. The van der Waals surface area contributed by atoms with Crippen LogP contribution in [-0.2, 0) is 0 Å². The average Bonchev–Trinajstić information content (AvgIpc) is 2.65. The normalized spacial score (nSPS) is 10.9. The lowest BCUT2D eigenvalue weighted by atomic mass is 10.2. The minimum atomic E-state index is -0.200. The van der Waals surface area contributed by atoms with Gasteiger partial charge >= 0.3 is 5.69 Å². The van der Waals surface area contributed by atoms with Crippen molar-refractivity contribution < 1.29 is 5.11 Å². The van der Waals surface area contributed by atoms with Crippen LogP contribution in [0, 0.1) is 0 Å². The van der Waals surface area contributed by atoms with E-state index in [1.54, 1.807) is 28.8 Å². The van der Waals surface area contributed by atoms with Gasteiger partial charge in [0.05, 0.1) is 16.7 Å². The number of hydrogen-bond donors (Lipinski definition) is 2. The van der Waals surface area contributed by atoms with Crippen molar-refractivity contribution in [3.63, 3.8) is 0 Å².